The van der Waals surface area contributed by atoms with Crippen molar-refractivity contribution in [1.29, 1.82) is 0 Å². The Kier molecular flexibility index (Phi) is 4.38. The van der Waals surface area contributed by atoms with Crippen LogP contribution in [0.1, 0.15) is 64.1 Å². The monoisotopic (exact) mass is 251 g/mol. The molecule has 1 aliphatic rings. The second-order valence-electron chi connectivity index (χ2n) is 5.99. The summed E-state index contributed by atoms with van der Waals surface area (Å²) in [6.07, 6.45) is 7.94. The fraction of sp³-hybridized carbons (Fsp3) is 0.857. The van der Waals surface area contributed by atoms with Gasteiger partial charge in [-0.3, -0.25) is 0 Å². The molecule has 1 aromatic rings. The number of aryl methyl sites for hydroxylation is 1. The maximum Gasteiger partial charge on any atom is 0.234 e. The largest absolute Gasteiger partial charge is 0.339 e. The third kappa shape index (κ3) is 2.91. The van der Waals surface area contributed by atoms with Crippen molar-refractivity contribution in [3.8, 4) is 0 Å². The molecule has 18 heavy (non-hydrogen) atoms. The second-order valence-corrected chi connectivity index (χ2v) is 5.99. The van der Waals surface area contributed by atoms with E-state index in [0.29, 0.717) is 12.5 Å². The lowest BCUT2D eigenvalue weighted by atomic mass is 9.74. The van der Waals surface area contributed by atoms with Crippen LogP contribution in [0.4, 0.5) is 0 Å². The predicted octanol–water partition coefficient (Wildman–Crippen LogP) is 2.82. The van der Waals surface area contributed by atoms with Crippen molar-refractivity contribution < 1.29 is 4.52 Å². The number of hydrogen-bond donors (Lipinski definition) is 1. The van der Waals surface area contributed by atoms with Crippen LogP contribution in [-0.4, -0.2) is 16.7 Å². The molecule has 1 fully saturated rings. The van der Waals surface area contributed by atoms with E-state index in [4.69, 9.17) is 10.3 Å². The van der Waals surface area contributed by atoms with E-state index in [0.717, 1.165) is 37.4 Å². The normalized spacial score (nSPS) is 19.3. The smallest absolute Gasteiger partial charge is 0.234 e. The summed E-state index contributed by atoms with van der Waals surface area (Å²) in [5, 5.41) is 4.11. The Morgan fingerprint density at radius 1 is 1.28 bits per heavy atom. The Morgan fingerprint density at radius 3 is 2.61 bits per heavy atom. The first kappa shape index (κ1) is 13.5. The molecule has 4 heteroatoms. The van der Waals surface area contributed by atoms with Crippen LogP contribution in [0.3, 0.4) is 0 Å². The summed E-state index contributed by atoms with van der Waals surface area (Å²) in [6, 6.07) is 0. The molecule has 0 saturated heterocycles. The molecule has 0 amide bonds. The Balaban J connectivity index is 2.07. The van der Waals surface area contributed by atoms with Crippen molar-refractivity contribution in [3.63, 3.8) is 0 Å². The molecule has 2 rings (SSSR count). The van der Waals surface area contributed by atoms with E-state index in [2.05, 4.69) is 24.0 Å². The minimum absolute atomic E-state index is 0.0403. The number of hydrogen-bond acceptors (Lipinski definition) is 4. The molecule has 0 unspecified atom stereocenters. The Morgan fingerprint density at radius 2 is 2.00 bits per heavy atom. The maximum atomic E-state index is 5.97. The van der Waals surface area contributed by atoms with E-state index in [1.165, 1.54) is 19.3 Å². The third-order valence-corrected chi connectivity index (χ3v) is 4.07. The van der Waals surface area contributed by atoms with Gasteiger partial charge < -0.3 is 10.3 Å². The van der Waals surface area contributed by atoms with Gasteiger partial charge in [0.15, 0.2) is 5.82 Å². The zero-order valence-corrected chi connectivity index (χ0v) is 11.6. The average Bonchev–Trinajstić information content (AvgIpc) is 2.86. The molecule has 0 bridgehead atoms. The standard InChI is InChI=1S/C14H25N3O/c1-11(2)6-7-12-16-13(18-17-12)14(10-15)8-4-3-5-9-14/h11H,3-10,15H2,1-2H3. The first-order chi connectivity index (χ1) is 8.66. The van der Waals surface area contributed by atoms with Crippen LogP contribution >= 0.6 is 0 Å². The Bertz CT molecular complexity index is 367. The van der Waals surface area contributed by atoms with Crippen LogP contribution in [0, 0.1) is 5.92 Å². The summed E-state index contributed by atoms with van der Waals surface area (Å²) in [6.45, 7) is 5.05. The highest BCUT2D eigenvalue weighted by Crippen LogP contribution is 2.37. The first-order valence-electron chi connectivity index (χ1n) is 7.19. The zero-order chi connectivity index (χ0) is 13.0. The molecule has 0 aromatic carbocycles. The van der Waals surface area contributed by atoms with Crippen LogP contribution in [0.2, 0.25) is 0 Å². The van der Waals surface area contributed by atoms with Crippen LogP contribution < -0.4 is 5.73 Å². The highest BCUT2D eigenvalue weighted by molar-refractivity contribution is 5.08. The second kappa shape index (κ2) is 5.83. The number of aromatic nitrogens is 2. The van der Waals surface area contributed by atoms with Crippen molar-refractivity contribution in [2.45, 2.75) is 64.2 Å². The number of rotatable bonds is 5. The van der Waals surface area contributed by atoms with Crippen molar-refractivity contribution in [3.05, 3.63) is 11.7 Å². The fourth-order valence-electron chi connectivity index (χ4n) is 2.72. The summed E-state index contributed by atoms with van der Waals surface area (Å²) < 4.78 is 5.49. The summed E-state index contributed by atoms with van der Waals surface area (Å²) in [5.74, 6) is 2.30. The summed E-state index contributed by atoms with van der Waals surface area (Å²) in [4.78, 5) is 4.59. The predicted molar refractivity (Wildman–Crippen MR) is 71.3 cm³/mol. The van der Waals surface area contributed by atoms with Gasteiger partial charge in [0.1, 0.15) is 0 Å². The van der Waals surface area contributed by atoms with Crippen LogP contribution in [0.15, 0.2) is 4.52 Å². The SMILES string of the molecule is CC(C)CCc1noc(C2(CN)CCCCC2)n1. The van der Waals surface area contributed by atoms with Crippen molar-refractivity contribution in [2.75, 3.05) is 6.54 Å². The van der Waals surface area contributed by atoms with E-state index in [9.17, 15) is 0 Å². The molecule has 102 valence electrons. The lowest BCUT2D eigenvalue weighted by molar-refractivity contribution is 0.219. The van der Waals surface area contributed by atoms with E-state index in [-0.39, 0.29) is 5.41 Å². The van der Waals surface area contributed by atoms with Crippen LogP contribution in [0.25, 0.3) is 0 Å². The fourth-order valence-corrected chi connectivity index (χ4v) is 2.72. The van der Waals surface area contributed by atoms with Crippen molar-refractivity contribution >= 4 is 0 Å². The first-order valence-corrected chi connectivity index (χ1v) is 7.19. The van der Waals surface area contributed by atoms with Gasteiger partial charge in [-0.15, -0.1) is 0 Å². The molecular formula is C14H25N3O. The van der Waals surface area contributed by atoms with Crippen molar-refractivity contribution in [1.82, 2.24) is 10.1 Å². The highest BCUT2D eigenvalue weighted by Gasteiger charge is 2.37. The minimum Gasteiger partial charge on any atom is -0.339 e. The molecule has 1 aromatic heterocycles. The number of nitrogens with two attached hydrogens (primary N) is 1. The van der Waals surface area contributed by atoms with Gasteiger partial charge in [0, 0.05) is 13.0 Å². The lowest BCUT2D eigenvalue weighted by Crippen LogP contribution is -2.37. The third-order valence-electron chi connectivity index (χ3n) is 4.07. The van der Waals surface area contributed by atoms with E-state index >= 15 is 0 Å². The molecule has 0 radical (unpaired) electrons. The molecule has 0 spiro atoms. The van der Waals surface area contributed by atoms with Gasteiger partial charge in [-0.2, -0.15) is 4.98 Å². The Labute approximate surface area is 109 Å². The quantitative estimate of drug-likeness (QED) is 0.874. The topological polar surface area (TPSA) is 64.9 Å². The number of nitrogens with zero attached hydrogens (tertiary/aromatic N) is 2. The minimum atomic E-state index is -0.0403. The molecule has 0 aliphatic heterocycles. The zero-order valence-electron chi connectivity index (χ0n) is 11.6. The van der Waals surface area contributed by atoms with Gasteiger partial charge in [0.2, 0.25) is 5.89 Å². The molecule has 0 atom stereocenters. The van der Waals surface area contributed by atoms with Gasteiger partial charge >= 0.3 is 0 Å². The lowest BCUT2D eigenvalue weighted by Gasteiger charge is -2.32. The molecule has 2 N–H and O–H groups in total. The highest BCUT2D eigenvalue weighted by atomic mass is 16.5. The summed E-state index contributed by atoms with van der Waals surface area (Å²) >= 11 is 0. The molecular weight excluding hydrogens is 226 g/mol. The maximum absolute atomic E-state index is 5.97. The van der Waals surface area contributed by atoms with Gasteiger partial charge in [0.05, 0.1) is 5.41 Å². The molecule has 1 saturated carbocycles. The summed E-state index contributed by atoms with van der Waals surface area (Å²) in [5.41, 5.74) is 5.93. The van der Waals surface area contributed by atoms with Gasteiger partial charge in [-0.05, 0) is 25.2 Å². The average molecular weight is 251 g/mol. The molecule has 1 aliphatic carbocycles. The van der Waals surface area contributed by atoms with Crippen molar-refractivity contribution in [2.24, 2.45) is 11.7 Å². The van der Waals surface area contributed by atoms with E-state index < -0.39 is 0 Å². The molecule has 4 nitrogen and oxygen atoms in total. The molecule has 1 heterocycles. The summed E-state index contributed by atoms with van der Waals surface area (Å²) in [7, 11) is 0. The Hall–Kier alpha value is -0.900. The van der Waals surface area contributed by atoms with Gasteiger partial charge in [-0.1, -0.05) is 38.3 Å². The van der Waals surface area contributed by atoms with Gasteiger partial charge in [0.25, 0.3) is 0 Å². The van der Waals surface area contributed by atoms with E-state index in [1.54, 1.807) is 0 Å². The van der Waals surface area contributed by atoms with Gasteiger partial charge in [-0.25, -0.2) is 0 Å². The van der Waals surface area contributed by atoms with E-state index in [1.807, 2.05) is 0 Å². The van der Waals surface area contributed by atoms with Crippen LogP contribution in [0.5, 0.6) is 0 Å². The van der Waals surface area contributed by atoms with Crippen LogP contribution in [-0.2, 0) is 11.8 Å².